The molecule has 0 aliphatic heterocycles. The minimum atomic E-state index is -0.592. The van der Waals surface area contributed by atoms with Crippen LogP contribution in [0.5, 0.6) is 0 Å². The summed E-state index contributed by atoms with van der Waals surface area (Å²) in [5, 5.41) is 14.0. The Morgan fingerprint density at radius 1 is 1.33 bits per heavy atom. The van der Waals surface area contributed by atoms with Crippen LogP contribution >= 0.6 is 11.3 Å². The van der Waals surface area contributed by atoms with Crippen molar-refractivity contribution < 1.29 is 14.7 Å². The number of carbonyl (C=O) groups excluding carboxylic acids is 2. The monoisotopic (exact) mass is 308 g/mol. The first-order valence-corrected chi connectivity index (χ1v) is 7.53. The molecule has 1 unspecified atom stereocenters. The average Bonchev–Trinajstić information content (AvgIpc) is 2.91. The molecule has 0 bridgehead atoms. The Morgan fingerprint density at radius 3 is 2.67 bits per heavy atom. The van der Waals surface area contributed by atoms with Crippen molar-refractivity contribution in [2.75, 3.05) is 13.2 Å². The fourth-order valence-electron chi connectivity index (χ4n) is 1.44. The van der Waals surface area contributed by atoms with Crippen molar-refractivity contribution in [1.29, 1.82) is 0 Å². The highest BCUT2D eigenvalue weighted by Crippen LogP contribution is 2.15. The fourth-order valence-corrected chi connectivity index (χ4v) is 2.23. The Kier molecular flexibility index (Phi) is 6.92. The third-order valence-corrected chi connectivity index (χ3v) is 3.55. The second-order valence-corrected chi connectivity index (χ2v) is 6.04. The van der Waals surface area contributed by atoms with Crippen LogP contribution in [0, 0.1) is 17.8 Å². The zero-order chi connectivity index (χ0) is 15.8. The standard InChI is InChI=1S/C15H20N2O3S/c1-10(2)9-16-14(19)11(3)17-15(20)13-7-6-12(21-13)5-4-8-18/h6-7,10-11,18H,8-9H2,1-3H3,(H,16,19)(H,17,20). The molecule has 0 spiro atoms. The SMILES string of the molecule is CC(C)CNC(=O)C(C)NC(=O)c1ccc(C#CCO)s1. The molecule has 21 heavy (non-hydrogen) atoms. The molecule has 0 saturated carbocycles. The van der Waals surface area contributed by atoms with Crippen LogP contribution in [0.2, 0.25) is 0 Å². The number of rotatable bonds is 5. The predicted molar refractivity (Wildman–Crippen MR) is 83.1 cm³/mol. The third kappa shape index (κ3) is 5.98. The fraction of sp³-hybridized carbons (Fsp3) is 0.467. The van der Waals surface area contributed by atoms with Gasteiger partial charge in [0.15, 0.2) is 0 Å². The lowest BCUT2D eigenvalue weighted by Gasteiger charge is -2.14. The Hall–Kier alpha value is -1.84. The van der Waals surface area contributed by atoms with Crippen LogP contribution < -0.4 is 10.6 Å². The van der Waals surface area contributed by atoms with Crippen LogP contribution in [0.4, 0.5) is 0 Å². The molecule has 6 heteroatoms. The van der Waals surface area contributed by atoms with E-state index >= 15 is 0 Å². The molecule has 1 aromatic heterocycles. The Morgan fingerprint density at radius 2 is 2.05 bits per heavy atom. The largest absolute Gasteiger partial charge is 0.384 e. The van der Waals surface area contributed by atoms with Gasteiger partial charge in [-0.25, -0.2) is 0 Å². The highest BCUT2D eigenvalue weighted by atomic mass is 32.1. The van der Waals surface area contributed by atoms with Gasteiger partial charge in [-0.1, -0.05) is 25.7 Å². The van der Waals surface area contributed by atoms with Crippen molar-refractivity contribution in [2.45, 2.75) is 26.8 Å². The number of aliphatic hydroxyl groups excluding tert-OH is 1. The maximum absolute atomic E-state index is 12.0. The number of aliphatic hydroxyl groups is 1. The summed E-state index contributed by atoms with van der Waals surface area (Å²) < 4.78 is 0. The van der Waals surface area contributed by atoms with Crippen molar-refractivity contribution in [3.63, 3.8) is 0 Å². The minimum Gasteiger partial charge on any atom is -0.384 e. The van der Waals surface area contributed by atoms with Crippen LogP contribution in [-0.4, -0.2) is 36.1 Å². The van der Waals surface area contributed by atoms with Crippen LogP contribution in [-0.2, 0) is 4.79 Å². The molecule has 0 aromatic carbocycles. The molecular weight excluding hydrogens is 288 g/mol. The van der Waals surface area contributed by atoms with Gasteiger partial charge in [0.25, 0.3) is 5.91 Å². The minimum absolute atomic E-state index is 0.200. The van der Waals surface area contributed by atoms with Gasteiger partial charge >= 0.3 is 0 Å². The smallest absolute Gasteiger partial charge is 0.262 e. The van der Waals surface area contributed by atoms with Crippen molar-refractivity contribution >= 4 is 23.2 Å². The molecule has 5 nitrogen and oxygen atoms in total. The molecule has 3 N–H and O–H groups in total. The van der Waals surface area contributed by atoms with Gasteiger partial charge in [0.2, 0.25) is 5.91 Å². The highest BCUT2D eigenvalue weighted by Gasteiger charge is 2.17. The molecule has 0 radical (unpaired) electrons. The summed E-state index contributed by atoms with van der Waals surface area (Å²) in [7, 11) is 0. The predicted octanol–water partition coefficient (Wildman–Crippen LogP) is 0.982. The maximum Gasteiger partial charge on any atom is 0.262 e. The molecule has 1 heterocycles. The summed E-state index contributed by atoms with van der Waals surface area (Å²) in [5.74, 6) is 5.12. The van der Waals surface area contributed by atoms with E-state index in [4.69, 9.17) is 5.11 Å². The van der Waals surface area contributed by atoms with Crippen LogP contribution in [0.3, 0.4) is 0 Å². The van der Waals surface area contributed by atoms with Crippen LogP contribution in [0.1, 0.15) is 35.3 Å². The quantitative estimate of drug-likeness (QED) is 0.710. The first-order chi connectivity index (χ1) is 9.93. The first-order valence-electron chi connectivity index (χ1n) is 6.72. The molecule has 0 aliphatic carbocycles. The molecule has 0 saturated heterocycles. The van der Waals surface area contributed by atoms with Gasteiger partial charge in [0, 0.05) is 6.54 Å². The summed E-state index contributed by atoms with van der Waals surface area (Å²) in [6.45, 7) is 6.02. The molecule has 114 valence electrons. The molecule has 0 aliphatic rings. The molecule has 1 atom stereocenters. The summed E-state index contributed by atoms with van der Waals surface area (Å²) in [6, 6.07) is 2.77. The highest BCUT2D eigenvalue weighted by molar-refractivity contribution is 7.14. The summed E-state index contributed by atoms with van der Waals surface area (Å²) in [4.78, 5) is 25.0. The van der Waals surface area contributed by atoms with Crippen molar-refractivity contribution in [2.24, 2.45) is 5.92 Å². The molecular formula is C15H20N2O3S. The lowest BCUT2D eigenvalue weighted by atomic mass is 10.2. The Balaban J connectivity index is 2.56. The summed E-state index contributed by atoms with van der Waals surface area (Å²) in [5.41, 5.74) is 0. The van der Waals surface area contributed by atoms with E-state index in [0.717, 1.165) is 0 Å². The topological polar surface area (TPSA) is 78.4 Å². The average molecular weight is 308 g/mol. The molecule has 2 amide bonds. The number of thiophene rings is 1. The third-order valence-electron chi connectivity index (χ3n) is 2.55. The van der Waals surface area contributed by atoms with E-state index in [0.29, 0.717) is 22.2 Å². The van der Waals surface area contributed by atoms with E-state index in [9.17, 15) is 9.59 Å². The van der Waals surface area contributed by atoms with Gasteiger partial charge in [0.05, 0.1) is 9.75 Å². The zero-order valence-corrected chi connectivity index (χ0v) is 13.2. The van der Waals surface area contributed by atoms with E-state index in [1.807, 2.05) is 13.8 Å². The van der Waals surface area contributed by atoms with Crippen molar-refractivity contribution in [3.8, 4) is 11.8 Å². The van der Waals surface area contributed by atoms with Gasteiger partial charge in [0.1, 0.15) is 12.6 Å². The lowest BCUT2D eigenvalue weighted by molar-refractivity contribution is -0.122. The van der Waals surface area contributed by atoms with E-state index in [1.54, 1.807) is 19.1 Å². The molecule has 1 aromatic rings. The lowest BCUT2D eigenvalue weighted by Crippen LogP contribution is -2.45. The van der Waals surface area contributed by atoms with Crippen molar-refractivity contribution in [3.05, 3.63) is 21.9 Å². The van der Waals surface area contributed by atoms with Gasteiger partial charge in [-0.15, -0.1) is 11.3 Å². The molecule has 1 rings (SSSR count). The van der Waals surface area contributed by atoms with Crippen LogP contribution in [0.15, 0.2) is 12.1 Å². The second kappa shape index (κ2) is 8.45. The summed E-state index contributed by atoms with van der Waals surface area (Å²) >= 11 is 1.22. The number of hydrogen-bond acceptors (Lipinski definition) is 4. The number of carbonyl (C=O) groups is 2. The first kappa shape index (κ1) is 17.2. The van der Waals surface area contributed by atoms with Gasteiger partial charge in [-0.3, -0.25) is 9.59 Å². The zero-order valence-electron chi connectivity index (χ0n) is 12.4. The normalized spacial score (nSPS) is 11.5. The Bertz CT molecular complexity index is 555. The van der Waals surface area contributed by atoms with E-state index in [-0.39, 0.29) is 18.4 Å². The van der Waals surface area contributed by atoms with E-state index in [2.05, 4.69) is 22.5 Å². The van der Waals surface area contributed by atoms with Crippen LogP contribution in [0.25, 0.3) is 0 Å². The van der Waals surface area contributed by atoms with Gasteiger partial charge in [-0.05, 0) is 25.0 Å². The maximum atomic E-state index is 12.0. The number of hydrogen-bond donors (Lipinski definition) is 3. The van der Waals surface area contributed by atoms with E-state index in [1.165, 1.54) is 11.3 Å². The van der Waals surface area contributed by atoms with Crippen molar-refractivity contribution in [1.82, 2.24) is 10.6 Å². The van der Waals surface area contributed by atoms with Gasteiger partial charge < -0.3 is 15.7 Å². The van der Waals surface area contributed by atoms with E-state index < -0.39 is 6.04 Å². The molecule has 0 fully saturated rings. The van der Waals surface area contributed by atoms with Gasteiger partial charge in [-0.2, -0.15) is 0 Å². The Labute approximate surface area is 128 Å². The summed E-state index contributed by atoms with van der Waals surface area (Å²) in [6.07, 6.45) is 0. The number of nitrogens with one attached hydrogen (secondary N) is 2. The number of amides is 2. The second-order valence-electron chi connectivity index (χ2n) is 4.96.